The maximum Gasteiger partial charge on any atom is 0.263 e. The minimum absolute atomic E-state index is 0.0561. The molecular weight excluding hydrogens is 432 g/mol. The first-order valence-corrected chi connectivity index (χ1v) is 12.7. The molecule has 2 aliphatic rings. The standard InChI is InChI=1S/C25H32N6OS/c1-30(2)24(32)23-21(17-6-4-5-7-17)22-19(33-23)15-27-25(29-22)28-20-9-8-18(14-26-20)16-10-12-31(3)13-11-16/h8-9,14-17H,4-7,10-13H2,1-3H3,(H,26,27,28,29). The molecule has 4 heterocycles. The molecule has 0 unspecified atom stereocenters. The first kappa shape index (κ1) is 22.2. The third-order valence-corrected chi connectivity index (χ3v) is 8.16. The molecule has 0 aromatic carbocycles. The Morgan fingerprint density at radius 3 is 2.48 bits per heavy atom. The van der Waals surface area contributed by atoms with Gasteiger partial charge in [0.15, 0.2) is 0 Å². The number of piperidine rings is 1. The predicted molar refractivity (Wildman–Crippen MR) is 134 cm³/mol. The molecule has 1 saturated carbocycles. The number of anilines is 2. The van der Waals surface area contributed by atoms with E-state index in [9.17, 15) is 4.79 Å². The summed E-state index contributed by atoms with van der Waals surface area (Å²) in [6.07, 6.45) is 10.8. The maximum absolute atomic E-state index is 12.9. The highest BCUT2D eigenvalue weighted by Gasteiger charge is 2.29. The number of likely N-dealkylation sites (tertiary alicyclic amines) is 1. The van der Waals surface area contributed by atoms with E-state index < -0.39 is 0 Å². The van der Waals surface area contributed by atoms with Gasteiger partial charge in [0.1, 0.15) is 5.82 Å². The van der Waals surface area contributed by atoms with Gasteiger partial charge in [-0.05, 0) is 69.3 Å². The normalized spacial score (nSPS) is 18.2. The summed E-state index contributed by atoms with van der Waals surface area (Å²) in [7, 11) is 5.80. The van der Waals surface area contributed by atoms with Crippen LogP contribution in [0.15, 0.2) is 24.5 Å². The summed E-state index contributed by atoms with van der Waals surface area (Å²) < 4.78 is 0.971. The van der Waals surface area contributed by atoms with Gasteiger partial charge in [-0.25, -0.2) is 15.0 Å². The minimum Gasteiger partial charge on any atom is -0.344 e. The van der Waals surface area contributed by atoms with Gasteiger partial charge in [-0.1, -0.05) is 18.9 Å². The number of hydrogen-bond donors (Lipinski definition) is 1. The first-order chi connectivity index (χ1) is 16.0. The summed E-state index contributed by atoms with van der Waals surface area (Å²) in [5.74, 6) is 2.31. The number of carbonyl (C=O) groups is 1. The van der Waals surface area contributed by atoms with E-state index in [0.29, 0.717) is 17.8 Å². The molecule has 0 spiro atoms. The highest BCUT2D eigenvalue weighted by atomic mass is 32.1. The van der Waals surface area contributed by atoms with Crippen molar-refractivity contribution in [2.75, 3.05) is 39.5 Å². The van der Waals surface area contributed by atoms with E-state index in [4.69, 9.17) is 4.98 Å². The summed E-state index contributed by atoms with van der Waals surface area (Å²) in [6, 6.07) is 4.19. The molecule has 1 N–H and O–H groups in total. The smallest absolute Gasteiger partial charge is 0.263 e. The van der Waals surface area contributed by atoms with E-state index in [1.807, 2.05) is 32.6 Å². The monoisotopic (exact) mass is 464 g/mol. The number of nitrogens with zero attached hydrogens (tertiary/aromatic N) is 5. The number of nitrogens with one attached hydrogen (secondary N) is 1. The number of hydrogen-bond acceptors (Lipinski definition) is 7. The van der Waals surface area contributed by atoms with Crippen molar-refractivity contribution in [3.63, 3.8) is 0 Å². The van der Waals surface area contributed by atoms with E-state index in [1.54, 1.807) is 4.90 Å². The fourth-order valence-corrected chi connectivity index (χ4v) is 6.32. The van der Waals surface area contributed by atoms with E-state index in [-0.39, 0.29) is 5.91 Å². The number of pyridine rings is 1. The molecule has 0 bridgehead atoms. The Labute approximate surface area is 199 Å². The van der Waals surface area contributed by atoms with Crippen LogP contribution < -0.4 is 5.32 Å². The zero-order valence-corrected chi connectivity index (χ0v) is 20.5. The number of amides is 1. The van der Waals surface area contributed by atoms with Crippen LogP contribution in [0.1, 0.15) is 71.2 Å². The third-order valence-electron chi connectivity index (χ3n) is 7.05. The average Bonchev–Trinajstić information content (AvgIpc) is 3.47. The van der Waals surface area contributed by atoms with Crippen molar-refractivity contribution in [2.45, 2.75) is 50.4 Å². The van der Waals surface area contributed by atoms with Crippen LogP contribution in [0.5, 0.6) is 0 Å². The van der Waals surface area contributed by atoms with E-state index in [1.165, 1.54) is 42.6 Å². The number of thiophene rings is 1. The highest BCUT2D eigenvalue weighted by molar-refractivity contribution is 7.21. The SMILES string of the molecule is CN1CCC(c2ccc(Nc3ncc4sc(C(=O)N(C)C)c(C5CCCC5)c4n3)nc2)CC1. The lowest BCUT2D eigenvalue weighted by Crippen LogP contribution is -2.29. The van der Waals surface area contributed by atoms with Gasteiger partial charge in [-0.2, -0.15) is 0 Å². The Hall–Kier alpha value is -2.58. The van der Waals surface area contributed by atoms with Crippen LogP contribution in [0.4, 0.5) is 11.8 Å². The van der Waals surface area contributed by atoms with Crippen LogP contribution in [0.2, 0.25) is 0 Å². The van der Waals surface area contributed by atoms with Gasteiger partial charge in [-0.15, -0.1) is 11.3 Å². The Morgan fingerprint density at radius 2 is 1.82 bits per heavy atom. The van der Waals surface area contributed by atoms with Crippen LogP contribution >= 0.6 is 11.3 Å². The summed E-state index contributed by atoms with van der Waals surface area (Å²) >= 11 is 1.52. The van der Waals surface area contributed by atoms with Gasteiger partial charge >= 0.3 is 0 Å². The van der Waals surface area contributed by atoms with Gasteiger partial charge < -0.3 is 15.1 Å². The van der Waals surface area contributed by atoms with E-state index >= 15 is 0 Å². The van der Waals surface area contributed by atoms with Gasteiger partial charge in [0, 0.05) is 25.9 Å². The fraction of sp³-hybridized carbons (Fsp3) is 0.520. The van der Waals surface area contributed by atoms with Crippen LogP contribution in [0.3, 0.4) is 0 Å². The molecule has 1 aliphatic carbocycles. The predicted octanol–water partition coefficient (Wildman–Crippen LogP) is 5.00. The molecule has 3 aromatic heterocycles. The topological polar surface area (TPSA) is 74.2 Å². The second-order valence-corrected chi connectivity index (χ2v) is 10.7. The van der Waals surface area contributed by atoms with Crippen LogP contribution in [-0.2, 0) is 0 Å². The van der Waals surface area contributed by atoms with E-state index in [0.717, 1.165) is 52.4 Å². The molecule has 2 fully saturated rings. The van der Waals surface area contributed by atoms with Crippen molar-refractivity contribution < 1.29 is 4.79 Å². The lowest BCUT2D eigenvalue weighted by molar-refractivity contribution is 0.0831. The van der Waals surface area contributed by atoms with Gasteiger partial charge in [0.05, 0.1) is 21.3 Å². The van der Waals surface area contributed by atoms with Crippen molar-refractivity contribution in [2.24, 2.45) is 0 Å². The van der Waals surface area contributed by atoms with Crippen molar-refractivity contribution in [3.8, 4) is 0 Å². The van der Waals surface area contributed by atoms with Gasteiger partial charge in [0.25, 0.3) is 5.91 Å². The molecule has 8 heteroatoms. The molecule has 1 aliphatic heterocycles. The Bertz CT molecular complexity index is 1130. The molecule has 0 atom stereocenters. The molecule has 7 nitrogen and oxygen atoms in total. The van der Waals surface area contributed by atoms with Gasteiger partial charge in [0.2, 0.25) is 5.95 Å². The van der Waals surface area contributed by atoms with Crippen molar-refractivity contribution in [3.05, 3.63) is 40.5 Å². The zero-order valence-electron chi connectivity index (χ0n) is 19.7. The quantitative estimate of drug-likeness (QED) is 0.573. The molecule has 33 heavy (non-hydrogen) atoms. The van der Waals surface area contributed by atoms with Crippen LogP contribution in [-0.4, -0.2) is 64.9 Å². The highest BCUT2D eigenvalue weighted by Crippen LogP contribution is 2.43. The van der Waals surface area contributed by atoms with Crippen molar-refractivity contribution in [1.82, 2.24) is 24.8 Å². The number of rotatable bonds is 5. The number of carbonyl (C=O) groups excluding carboxylic acids is 1. The second kappa shape index (κ2) is 9.35. The van der Waals surface area contributed by atoms with Crippen LogP contribution in [0, 0.1) is 0 Å². The maximum atomic E-state index is 12.9. The summed E-state index contributed by atoms with van der Waals surface area (Å²) in [5.41, 5.74) is 3.33. The average molecular weight is 465 g/mol. The largest absolute Gasteiger partial charge is 0.344 e. The first-order valence-electron chi connectivity index (χ1n) is 11.9. The third kappa shape index (κ3) is 4.59. The summed E-state index contributed by atoms with van der Waals surface area (Å²) in [5, 5.41) is 3.28. The molecule has 5 rings (SSSR count). The van der Waals surface area contributed by atoms with Gasteiger partial charge in [-0.3, -0.25) is 4.79 Å². The molecule has 174 valence electrons. The lowest BCUT2D eigenvalue weighted by Gasteiger charge is -2.29. The molecule has 1 amide bonds. The Morgan fingerprint density at radius 1 is 1.06 bits per heavy atom. The summed E-state index contributed by atoms with van der Waals surface area (Å²) in [6.45, 7) is 2.28. The Kier molecular flexibility index (Phi) is 6.29. The summed E-state index contributed by atoms with van der Waals surface area (Å²) in [4.78, 5) is 31.8. The van der Waals surface area contributed by atoms with E-state index in [2.05, 4.69) is 33.3 Å². The molecule has 3 aromatic rings. The minimum atomic E-state index is 0.0561. The lowest BCUT2D eigenvalue weighted by atomic mass is 9.91. The number of aromatic nitrogens is 3. The fourth-order valence-electron chi connectivity index (χ4n) is 5.10. The second-order valence-electron chi connectivity index (χ2n) is 9.61. The Balaban J connectivity index is 1.41. The van der Waals surface area contributed by atoms with Crippen LogP contribution in [0.25, 0.3) is 10.2 Å². The molecule has 0 radical (unpaired) electrons. The molecular formula is C25H32N6OS. The number of fused-ring (bicyclic) bond motifs is 1. The van der Waals surface area contributed by atoms with Crippen molar-refractivity contribution >= 4 is 39.2 Å². The zero-order chi connectivity index (χ0) is 22.9. The van der Waals surface area contributed by atoms with Crippen molar-refractivity contribution in [1.29, 1.82) is 0 Å². The molecule has 1 saturated heterocycles.